The van der Waals surface area contributed by atoms with Crippen LogP contribution in [0.5, 0.6) is 5.75 Å². The van der Waals surface area contributed by atoms with Crippen LogP contribution in [0.15, 0.2) is 22.7 Å². The van der Waals surface area contributed by atoms with Crippen molar-refractivity contribution in [1.29, 1.82) is 0 Å². The summed E-state index contributed by atoms with van der Waals surface area (Å²) in [4.78, 5) is 2.60. The van der Waals surface area contributed by atoms with Crippen LogP contribution in [-0.2, 0) is 0 Å². The predicted molar refractivity (Wildman–Crippen MR) is 106 cm³/mol. The molecular formula is C17H29BrCl2N2O. The Balaban J connectivity index is 0.00000242. The van der Waals surface area contributed by atoms with E-state index in [0.29, 0.717) is 6.04 Å². The quantitative estimate of drug-likeness (QED) is 0.712. The van der Waals surface area contributed by atoms with Gasteiger partial charge >= 0.3 is 0 Å². The maximum Gasteiger partial charge on any atom is 0.123 e. The van der Waals surface area contributed by atoms with Gasteiger partial charge in [-0.3, -0.25) is 4.90 Å². The Morgan fingerprint density at radius 2 is 1.83 bits per heavy atom. The van der Waals surface area contributed by atoms with Gasteiger partial charge in [0.2, 0.25) is 0 Å². The molecule has 2 rings (SSSR count). The molecule has 1 saturated heterocycles. The van der Waals surface area contributed by atoms with E-state index in [0.717, 1.165) is 42.3 Å². The van der Waals surface area contributed by atoms with Crippen molar-refractivity contribution in [2.45, 2.75) is 32.7 Å². The van der Waals surface area contributed by atoms with E-state index >= 15 is 0 Å². The number of nitrogens with one attached hydrogen (secondary N) is 1. The molecule has 0 bridgehead atoms. The second-order valence-electron chi connectivity index (χ2n) is 6.16. The van der Waals surface area contributed by atoms with Crippen LogP contribution in [0.4, 0.5) is 0 Å². The lowest BCUT2D eigenvalue weighted by atomic mass is 9.95. The van der Waals surface area contributed by atoms with Crippen molar-refractivity contribution in [3.8, 4) is 5.75 Å². The van der Waals surface area contributed by atoms with Crippen LogP contribution in [0.2, 0.25) is 0 Å². The summed E-state index contributed by atoms with van der Waals surface area (Å²) in [6.07, 6.45) is 2.43. The van der Waals surface area contributed by atoms with Crippen LogP contribution >= 0.6 is 40.7 Å². The van der Waals surface area contributed by atoms with Crippen molar-refractivity contribution in [1.82, 2.24) is 10.2 Å². The second kappa shape index (κ2) is 11.5. The monoisotopic (exact) mass is 426 g/mol. The Hall–Kier alpha value is -0.000000000000000222. The molecule has 0 aliphatic carbocycles. The van der Waals surface area contributed by atoms with Gasteiger partial charge in [0.05, 0.1) is 7.11 Å². The molecule has 1 aromatic carbocycles. The first-order chi connectivity index (χ1) is 10.1. The number of benzene rings is 1. The molecule has 1 aliphatic heterocycles. The maximum atomic E-state index is 5.62. The van der Waals surface area contributed by atoms with Crippen molar-refractivity contribution in [3.63, 3.8) is 0 Å². The van der Waals surface area contributed by atoms with Crippen molar-refractivity contribution in [2.75, 3.05) is 33.3 Å². The van der Waals surface area contributed by atoms with Gasteiger partial charge in [0.25, 0.3) is 0 Å². The normalized spacial score (nSPS) is 16.4. The molecule has 0 amide bonds. The van der Waals surface area contributed by atoms with E-state index in [-0.39, 0.29) is 24.8 Å². The number of halogens is 3. The number of rotatable bonds is 6. The number of hydrogen-bond acceptors (Lipinski definition) is 3. The average Bonchev–Trinajstić information content (AvgIpc) is 2.48. The van der Waals surface area contributed by atoms with Crippen LogP contribution in [0.1, 0.15) is 38.3 Å². The molecule has 0 aromatic heterocycles. The van der Waals surface area contributed by atoms with Gasteiger partial charge in [-0.25, -0.2) is 0 Å². The highest BCUT2D eigenvalue weighted by molar-refractivity contribution is 9.10. The third-order valence-electron chi connectivity index (χ3n) is 4.16. The van der Waals surface area contributed by atoms with Gasteiger partial charge in [-0.05, 0) is 37.0 Å². The van der Waals surface area contributed by atoms with Crippen molar-refractivity contribution in [2.24, 2.45) is 5.92 Å². The average molecular weight is 428 g/mol. The zero-order valence-electron chi connectivity index (χ0n) is 14.2. The number of ether oxygens (including phenoxy) is 1. The van der Waals surface area contributed by atoms with Crippen molar-refractivity contribution in [3.05, 3.63) is 28.2 Å². The lowest BCUT2D eigenvalue weighted by Gasteiger charge is -2.36. The SMILES string of the molecule is COc1ccc(Br)cc1[C@H](CCC(C)C)N1CCNCC1.Cl.Cl. The summed E-state index contributed by atoms with van der Waals surface area (Å²) in [6.45, 7) is 8.97. The first-order valence-corrected chi connectivity index (χ1v) is 8.69. The second-order valence-corrected chi connectivity index (χ2v) is 7.07. The summed E-state index contributed by atoms with van der Waals surface area (Å²) < 4.78 is 6.74. The Bertz CT molecular complexity index is 454. The summed E-state index contributed by atoms with van der Waals surface area (Å²) in [7, 11) is 1.77. The Labute approximate surface area is 161 Å². The Kier molecular flexibility index (Phi) is 11.5. The van der Waals surface area contributed by atoms with E-state index in [1.807, 2.05) is 0 Å². The van der Waals surface area contributed by atoms with E-state index < -0.39 is 0 Å². The largest absolute Gasteiger partial charge is 0.496 e. The first-order valence-electron chi connectivity index (χ1n) is 7.90. The van der Waals surface area contributed by atoms with Crippen LogP contribution in [0, 0.1) is 5.92 Å². The number of piperazine rings is 1. The molecule has 1 heterocycles. The predicted octanol–water partition coefficient (Wildman–Crippen LogP) is 4.68. The molecule has 3 nitrogen and oxygen atoms in total. The molecule has 1 aromatic rings. The molecular weight excluding hydrogens is 399 g/mol. The topological polar surface area (TPSA) is 24.5 Å². The fourth-order valence-electron chi connectivity index (χ4n) is 2.99. The molecule has 23 heavy (non-hydrogen) atoms. The highest BCUT2D eigenvalue weighted by Crippen LogP contribution is 2.35. The molecule has 0 radical (unpaired) electrons. The highest BCUT2D eigenvalue weighted by Gasteiger charge is 2.25. The van der Waals surface area contributed by atoms with Crippen LogP contribution in [-0.4, -0.2) is 38.2 Å². The third-order valence-corrected chi connectivity index (χ3v) is 4.65. The number of methoxy groups -OCH3 is 1. The van der Waals surface area contributed by atoms with Crippen LogP contribution < -0.4 is 10.1 Å². The summed E-state index contributed by atoms with van der Waals surface area (Å²) in [5.74, 6) is 1.74. The number of nitrogens with zero attached hydrogens (tertiary/aromatic N) is 1. The summed E-state index contributed by atoms with van der Waals surface area (Å²) >= 11 is 3.61. The maximum absolute atomic E-state index is 5.62. The zero-order chi connectivity index (χ0) is 15.2. The molecule has 0 spiro atoms. The Morgan fingerprint density at radius 3 is 2.39 bits per heavy atom. The van der Waals surface area contributed by atoms with Crippen molar-refractivity contribution >= 4 is 40.7 Å². The minimum Gasteiger partial charge on any atom is -0.496 e. The van der Waals surface area contributed by atoms with E-state index in [2.05, 4.69) is 58.2 Å². The van der Waals surface area contributed by atoms with Gasteiger partial charge in [-0.15, -0.1) is 24.8 Å². The van der Waals surface area contributed by atoms with Gasteiger partial charge < -0.3 is 10.1 Å². The lowest BCUT2D eigenvalue weighted by Crippen LogP contribution is -2.45. The highest BCUT2D eigenvalue weighted by atomic mass is 79.9. The fraction of sp³-hybridized carbons (Fsp3) is 0.647. The van der Waals surface area contributed by atoms with Crippen molar-refractivity contribution < 1.29 is 4.74 Å². The van der Waals surface area contributed by atoms with E-state index in [1.165, 1.54) is 18.4 Å². The zero-order valence-corrected chi connectivity index (χ0v) is 17.4. The Morgan fingerprint density at radius 1 is 1.17 bits per heavy atom. The number of hydrogen-bond donors (Lipinski definition) is 1. The van der Waals surface area contributed by atoms with Crippen LogP contribution in [0.25, 0.3) is 0 Å². The standard InChI is InChI=1S/C17H27BrN2O.2ClH/c1-13(2)4-6-16(20-10-8-19-9-11-20)15-12-14(18)5-7-17(15)21-3;;/h5,7,12-13,16,19H,4,6,8-11H2,1-3H3;2*1H/t16-;;/m0../s1. The van der Waals surface area contributed by atoms with Gasteiger partial charge in [0.15, 0.2) is 0 Å². The molecule has 0 saturated carbocycles. The molecule has 1 atom stereocenters. The van der Waals surface area contributed by atoms with E-state index in [9.17, 15) is 0 Å². The minimum absolute atomic E-state index is 0. The van der Waals surface area contributed by atoms with Gasteiger partial charge in [-0.2, -0.15) is 0 Å². The molecule has 6 heteroatoms. The molecule has 134 valence electrons. The van der Waals surface area contributed by atoms with Gasteiger partial charge in [0, 0.05) is 42.3 Å². The van der Waals surface area contributed by atoms with E-state index in [4.69, 9.17) is 4.74 Å². The molecule has 1 fully saturated rings. The van der Waals surface area contributed by atoms with Crippen LogP contribution in [0.3, 0.4) is 0 Å². The lowest BCUT2D eigenvalue weighted by molar-refractivity contribution is 0.157. The smallest absolute Gasteiger partial charge is 0.123 e. The fourth-order valence-corrected chi connectivity index (χ4v) is 3.36. The summed E-state index contributed by atoms with van der Waals surface area (Å²) in [6, 6.07) is 6.80. The first kappa shape index (κ1) is 23.0. The molecule has 1 aliphatic rings. The summed E-state index contributed by atoms with van der Waals surface area (Å²) in [5.41, 5.74) is 1.31. The molecule has 1 N–H and O–H groups in total. The minimum atomic E-state index is 0. The van der Waals surface area contributed by atoms with E-state index in [1.54, 1.807) is 7.11 Å². The third kappa shape index (κ3) is 6.79. The van der Waals surface area contributed by atoms with Gasteiger partial charge in [0.1, 0.15) is 5.75 Å². The summed E-state index contributed by atoms with van der Waals surface area (Å²) in [5, 5.41) is 3.44. The van der Waals surface area contributed by atoms with Gasteiger partial charge in [-0.1, -0.05) is 29.8 Å². The molecule has 0 unspecified atom stereocenters.